The zero-order chi connectivity index (χ0) is 14.3. The van der Waals surface area contributed by atoms with Gasteiger partial charge < -0.3 is 10.6 Å². The van der Waals surface area contributed by atoms with E-state index >= 15 is 0 Å². The van der Waals surface area contributed by atoms with Crippen molar-refractivity contribution in [1.29, 1.82) is 0 Å². The summed E-state index contributed by atoms with van der Waals surface area (Å²) in [6.07, 6.45) is 3.57. The fourth-order valence-electron chi connectivity index (χ4n) is 3.72. The fraction of sp³-hybridized carbons (Fsp3) is 0.600. The predicted octanol–water partition coefficient (Wildman–Crippen LogP) is 2.47. The lowest BCUT2D eigenvalue weighted by Crippen LogP contribution is -2.38. The molecule has 20 heavy (non-hydrogen) atoms. The number of nitrogens with two attached hydrogens (primary N) is 1. The van der Waals surface area contributed by atoms with E-state index in [0.717, 1.165) is 25.2 Å². The van der Waals surface area contributed by atoms with Crippen molar-refractivity contribution in [1.82, 2.24) is 0 Å². The minimum Gasteiger partial charge on any atom is -0.371 e. The first kappa shape index (κ1) is 13.4. The molecule has 0 amide bonds. The zero-order valence-corrected chi connectivity index (χ0v) is 11.8. The number of anilines is 1. The Labute approximate surface area is 118 Å². The molecule has 1 saturated carbocycles. The molecule has 1 saturated heterocycles. The topological polar surface area (TPSA) is 72.4 Å². The summed E-state index contributed by atoms with van der Waals surface area (Å²) < 4.78 is 0. The molecule has 1 aromatic rings. The van der Waals surface area contributed by atoms with Crippen molar-refractivity contribution in [2.75, 3.05) is 18.0 Å². The van der Waals surface area contributed by atoms with Gasteiger partial charge in [0.05, 0.1) is 4.92 Å². The Balaban J connectivity index is 1.84. The Bertz CT molecular complexity index is 532. The van der Waals surface area contributed by atoms with Gasteiger partial charge in [-0.3, -0.25) is 10.1 Å². The molecule has 2 aliphatic rings. The van der Waals surface area contributed by atoms with Crippen LogP contribution in [-0.4, -0.2) is 24.1 Å². The first-order chi connectivity index (χ1) is 9.56. The molecule has 2 N–H and O–H groups in total. The molecule has 0 radical (unpaired) electrons. The van der Waals surface area contributed by atoms with Gasteiger partial charge in [-0.15, -0.1) is 0 Å². The molecular formula is C15H21N3O2. The lowest BCUT2D eigenvalue weighted by molar-refractivity contribution is -0.385. The van der Waals surface area contributed by atoms with Crippen LogP contribution >= 0.6 is 0 Å². The molecule has 108 valence electrons. The summed E-state index contributed by atoms with van der Waals surface area (Å²) in [6, 6.07) is 5.83. The van der Waals surface area contributed by atoms with Gasteiger partial charge >= 0.3 is 0 Å². The molecule has 2 fully saturated rings. The van der Waals surface area contributed by atoms with Crippen molar-refractivity contribution in [2.24, 2.45) is 17.6 Å². The van der Waals surface area contributed by atoms with Crippen LogP contribution in [-0.2, 0) is 0 Å². The second kappa shape index (κ2) is 5.05. The minimum atomic E-state index is -0.298. The van der Waals surface area contributed by atoms with E-state index < -0.39 is 0 Å². The van der Waals surface area contributed by atoms with E-state index in [0.29, 0.717) is 23.4 Å². The third-order valence-electron chi connectivity index (χ3n) is 4.91. The quantitative estimate of drug-likeness (QED) is 0.664. The van der Waals surface area contributed by atoms with Crippen LogP contribution in [0.25, 0.3) is 0 Å². The van der Waals surface area contributed by atoms with Gasteiger partial charge in [0.1, 0.15) is 0 Å². The normalized spacial score (nSPS) is 29.3. The molecule has 1 aliphatic carbocycles. The molecule has 0 spiro atoms. The van der Waals surface area contributed by atoms with Crippen molar-refractivity contribution in [3.8, 4) is 0 Å². The Morgan fingerprint density at radius 1 is 1.35 bits per heavy atom. The minimum absolute atomic E-state index is 0.210. The molecule has 1 heterocycles. The smallest absolute Gasteiger partial charge is 0.274 e. The van der Waals surface area contributed by atoms with Crippen LogP contribution < -0.4 is 10.6 Å². The largest absolute Gasteiger partial charge is 0.371 e. The Morgan fingerprint density at radius 3 is 2.85 bits per heavy atom. The van der Waals surface area contributed by atoms with E-state index in [1.807, 2.05) is 12.1 Å². The highest BCUT2D eigenvalue weighted by atomic mass is 16.6. The number of aryl methyl sites for hydroxylation is 1. The molecule has 3 rings (SSSR count). The van der Waals surface area contributed by atoms with Crippen LogP contribution in [0.15, 0.2) is 18.2 Å². The van der Waals surface area contributed by atoms with Crippen molar-refractivity contribution >= 4 is 11.4 Å². The van der Waals surface area contributed by atoms with Crippen LogP contribution in [0.3, 0.4) is 0 Å². The van der Waals surface area contributed by atoms with E-state index in [1.54, 1.807) is 13.0 Å². The summed E-state index contributed by atoms with van der Waals surface area (Å²) in [4.78, 5) is 13.0. The van der Waals surface area contributed by atoms with Crippen molar-refractivity contribution in [3.63, 3.8) is 0 Å². The average Bonchev–Trinajstić information content (AvgIpc) is 2.84. The number of rotatable bonds is 2. The van der Waals surface area contributed by atoms with Gasteiger partial charge in [-0.25, -0.2) is 0 Å². The van der Waals surface area contributed by atoms with Crippen molar-refractivity contribution < 1.29 is 4.92 Å². The summed E-state index contributed by atoms with van der Waals surface area (Å²) in [5.41, 5.74) is 8.11. The number of nitrogens with zero attached hydrogens (tertiary/aromatic N) is 2. The lowest BCUT2D eigenvalue weighted by Gasteiger charge is -2.29. The maximum Gasteiger partial charge on any atom is 0.274 e. The van der Waals surface area contributed by atoms with Crippen LogP contribution in [0.2, 0.25) is 0 Å². The second-order valence-corrected chi connectivity index (χ2v) is 6.15. The lowest BCUT2D eigenvalue weighted by atomic mass is 9.78. The number of nitro benzene ring substituents is 1. The van der Waals surface area contributed by atoms with E-state index in [9.17, 15) is 10.1 Å². The van der Waals surface area contributed by atoms with E-state index in [-0.39, 0.29) is 10.6 Å². The highest BCUT2D eigenvalue weighted by molar-refractivity contribution is 5.57. The molecule has 0 bridgehead atoms. The number of hydrogen-bond acceptors (Lipinski definition) is 4. The fourth-order valence-corrected chi connectivity index (χ4v) is 3.72. The zero-order valence-electron chi connectivity index (χ0n) is 11.8. The van der Waals surface area contributed by atoms with Gasteiger partial charge in [0.25, 0.3) is 5.69 Å². The molecule has 5 heteroatoms. The third-order valence-corrected chi connectivity index (χ3v) is 4.91. The Kier molecular flexibility index (Phi) is 3.38. The van der Waals surface area contributed by atoms with Gasteiger partial charge in [-0.05, 0) is 37.7 Å². The first-order valence-electron chi connectivity index (χ1n) is 7.32. The first-order valence-corrected chi connectivity index (χ1v) is 7.32. The number of benzene rings is 1. The molecule has 3 atom stereocenters. The van der Waals surface area contributed by atoms with Gasteiger partial charge in [0, 0.05) is 36.4 Å². The Morgan fingerprint density at radius 2 is 2.15 bits per heavy atom. The van der Waals surface area contributed by atoms with Crippen molar-refractivity contribution in [2.45, 2.75) is 32.2 Å². The Hall–Kier alpha value is -1.62. The highest BCUT2D eigenvalue weighted by Gasteiger charge is 2.38. The number of hydrogen-bond donors (Lipinski definition) is 1. The standard InChI is InChI=1S/C15H21N3O2/c1-10-5-6-12(7-15(10)18(19)20)17-8-11-3-2-4-14(16)13(11)9-17/h5-7,11,13-14H,2-4,8-9,16H2,1H3. The number of nitro groups is 1. The summed E-state index contributed by atoms with van der Waals surface area (Å²) in [5, 5.41) is 11.1. The SMILES string of the molecule is Cc1ccc(N2CC3CCCC(N)C3C2)cc1[N+](=O)[O-]. The third kappa shape index (κ3) is 2.26. The van der Waals surface area contributed by atoms with Crippen LogP contribution in [0.1, 0.15) is 24.8 Å². The molecule has 1 aromatic carbocycles. The molecule has 1 aliphatic heterocycles. The van der Waals surface area contributed by atoms with Gasteiger partial charge in [0.2, 0.25) is 0 Å². The summed E-state index contributed by atoms with van der Waals surface area (Å²) in [6.45, 7) is 3.70. The molecule has 0 aromatic heterocycles. The monoisotopic (exact) mass is 275 g/mol. The average molecular weight is 275 g/mol. The van der Waals surface area contributed by atoms with Crippen LogP contribution in [0.4, 0.5) is 11.4 Å². The van der Waals surface area contributed by atoms with E-state index in [2.05, 4.69) is 4.90 Å². The maximum atomic E-state index is 11.1. The number of fused-ring (bicyclic) bond motifs is 1. The van der Waals surface area contributed by atoms with Gasteiger partial charge in [-0.2, -0.15) is 0 Å². The van der Waals surface area contributed by atoms with E-state index in [1.165, 1.54) is 12.8 Å². The summed E-state index contributed by atoms with van der Waals surface area (Å²) in [5.74, 6) is 1.20. The molecule has 5 nitrogen and oxygen atoms in total. The predicted molar refractivity (Wildman–Crippen MR) is 78.9 cm³/mol. The second-order valence-electron chi connectivity index (χ2n) is 6.15. The van der Waals surface area contributed by atoms with Gasteiger partial charge in [0.15, 0.2) is 0 Å². The van der Waals surface area contributed by atoms with Crippen molar-refractivity contribution in [3.05, 3.63) is 33.9 Å². The maximum absolute atomic E-state index is 11.1. The van der Waals surface area contributed by atoms with Gasteiger partial charge in [-0.1, -0.05) is 12.5 Å². The highest BCUT2D eigenvalue weighted by Crippen LogP contribution is 2.38. The molecular weight excluding hydrogens is 254 g/mol. The molecule has 3 unspecified atom stereocenters. The van der Waals surface area contributed by atoms with E-state index in [4.69, 9.17) is 5.73 Å². The summed E-state index contributed by atoms with van der Waals surface area (Å²) in [7, 11) is 0. The van der Waals surface area contributed by atoms with Crippen LogP contribution in [0.5, 0.6) is 0 Å². The summed E-state index contributed by atoms with van der Waals surface area (Å²) >= 11 is 0. The van der Waals surface area contributed by atoms with Crippen LogP contribution in [0, 0.1) is 28.9 Å².